The number of aromatic nitrogens is 1. The Balaban J connectivity index is 1.55. The van der Waals surface area contributed by atoms with Gasteiger partial charge >= 0.3 is 0 Å². The molecule has 0 unspecified atom stereocenters. The third-order valence-electron chi connectivity index (χ3n) is 4.87. The summed E-state index contributed by atoms with van der Waals surface area (Å²) in [6, 6.07) is 17.5. The molecule has 3 aromatic carbocycles. The first-order valence-electron chi connectivity index (χ1n) is 10.1. The van der Waals surface area contributed by atoms with Crippen molar-refractivity contribution >= 4 is 46.1 Å². The average molecular weight is 496 g/mol. The van der Waals surface area contributed by atoms with Gasteiger partial charge in [0.05, 0.1) is 18.5 Å². The van der Waals surface area contributed by atoms with Crippen LogP contribution in [0.15, 0.2) is 66.7 Å². The lowest BCUT2D eigenvalue weighted by Gasteiger charge is -2.13. The monoisotopic (exact) mass is 495 g/mol. The van der Waals surface area contributed by atoms with E-state index in [4.69, 9.17) is 16.3 Å². The molecule has 0 aliphatic carbocycles. The Morgan fingerprint density at radius 3 is 2.53 bits per heavy atom. The highest BCUT2D eigenvalue weighted by molar-refractivity contribution is 7.17. The molecule has 0 bridgehead atoms. The van der Waals surface area contributed by atoms with Crippen molar-refractivity contribution in [2.24, 2.45) is 0 Å². The lowest BCUT2D eigenvalue weighted by Crippen LogP contribution is -2.14. The second kappa shape index (κ2) is 10.0. The van der Waals surface area contributed by atoms with Crippen molar-refractivity contribution < 1.29 is 18.7 Å². The molecule has 0 fully saturated rings. The standard InChI is InChI=1S/C25H19ClFN3O3S/c1-14-22(34-25(28-14)16-6-3-7-17(26)11-16)24(32)29-19-9-10-21(33-2)20(13-19)30-23(31)15-5-4-8-18(27)12-15/h3-13H,1-2H3,(H,29,32)(H,30,31). The van der Waals surface area contributed by atoms with Gasteiger partial charge in [-0.15, -0.1) is 11.3 Å². The maximum absolute atomic E-state index is 13.5. The molecule has 2 N–H and O–H groups in total. The average Bonchev–Trinajstić information content (AvgIpc) is 3.21. The smallest absolute Gasteiger partial charge is 0.267 e. The summed E-state index contributed by atoms with van der Waals surface area (Å²) in [5, 5.41) is 6.79. The van der Waals surface area contributed by atoms with Crippen molar-refractivity contribution in [3.63, 3.8) is 0 Å². The molecule has 1 heterocycles. The van der Waals surface area contributed by atoms with E-state index < -0.39 is 11.7 Å². The van der Waals surface area contributed by atoms with E-state index in [2.05, 4.69) is 15.6 Å². The molecule has 0 atom stereocenters. The molecule has 172 valence electrons. The number of anilines is 2. The molecule has 4 aromatic rings. The van der Waals surface area contributed by atoms with E-state index in [0.717, 1.165) is 11.6 Å². The van der Waals surface area contributed by atoms with Gasteiger partial charge in [-0.25, -0.2) is 9.37 Å². The van der Waals surface area contributed by atoms with Crippen LogP contribution in [0.4, 0.5) is 15.8 Å². The Labute approximate surface area is 204 Å². The number of halogens is 2. The predicted molar refractivity (Wildman–Crippen MR) is 133 cm³/mol. The van der Waals surface area contributed by atoms with Crippen LogP contribution in [0.25, 0.3) is 10.6 Å². The summed E-state index contributed by atoms with van der Waals surface area (Å²) in [4.78, 5) is 30.5. The molecule has 6 nitrogen and oxygen atoms in total. The van der Waals surface area contributed by atoms with Crippen molar-refractivity contribution in [2.75, 3.05) is 17.7 Å². The second-order valence-electron chi connectivity index (χ2n) is 7.28. The highest BCUT2D eigenvalue weighted by Gasteiger charge is 2.18. The zero-order chi connectivity index (χ0) is 24.2. The Bertz CT molecular complexity index is 1390. The van der Waals surface area contributed by atoms with Crippen LogP contribution >= 0.6 is 22.9 Å². The number of carbonyl (C=O) groups is 2. The van der Waals surface area contributed by atoms with Gasteiger partial charge in [0.1, 0.15) is 21.5 Å². The molecule has 1 aromatic heterocycles. The summed E-state index contributed by atoms with van der Waals surface area (Å²) in [7, 11) is 1.46. The van der Waals surface area contributed by atoms with Crippen LogP contribution in [-0.4, -0.2) is 23.9 Å². The van der Waals surface area contributed by atoms with Crippen molar-refractivity contribution in [1.29, 1.82) is 0 Å². The number of nitrogens with zero attached hydrogens (tertiary/aromatic N) is 1. The van der Waals surface area contributed by atoms with Crippen molar-refractivity contribution in [2.45, 2.75) is 6.92 Å². The number of ether oxygens (including phenoxy) is 1. The number of amides is 2. The van der Waals surface area contributed by atoms with Gasteiger partial charge in [-0.1, -0.05) is 29.8 Å². The second-order valence-corrected chi connectivity index (χ2v) is 8.71. The van der Waals surface area contributed by atoms with Gasteiger partial charge in [0.25, 0.3) is 11.8 Å². The SMILES string of the molecule is COc1ccc(NC(=O)c2sc(-c3cccc(Cl)c3)nc2C)cc1NC(=O)c1cccc(F)c1. The third-order valence-corrected chi connectivity index (χ3v) is 6.31. The molecule has 0 saturated heterocycles. The van der Waals surface area contributed by atoms with Crippen LogP contribution in [0.1, 0.15) is 25.7 Å². The van der Waals surface area contributed by atoms with E-state index in [0.29, 0.717) is 37.7 Å². The number of nitrogens with one attached hydrogen (secondary N) is 2. The van der Waals surface area contributed by atoms with Gasteiger partial charge < -0.3 is 15.4 Å². The number of aryl methyl sites for hydroxylation is 1. The third kappa shape index (κ3) is 5.24. The number of hydrogen-bond acceptors (Lipinski definition) is 5. The quantitative estimate of drug-likeness (QED) is 0.323. The van der Waals surface area contributed by atoms with Crippen molar-refractivity contribution in [1.82, 2.24) is 4.98 Å². The fourth-order valence-electron chi connectivity index (χ4n) is 3.25. The maximum Gasteiger partial charge on any atom is 0.267 e. The number of benzene rings is 3. The Morgan fingerprint density at radius 2 is 1.79 bits per heavy atom. The first-order valence-corrected chi connectivity index (χ1v) is 11.3. The van der Waals surface area contributed by atoms with Crippen molar-refractivity contribution in [3.05, 3.63) is 93.7 Å². The van der Waals surface area contributed by atoms with Gasteiger partial charge in [0.2, 0.25) is 0 Å². The molecule has 0 aliphatic heterocycles. The highest BCUT2D eigenvalue weighted by Crippen LogP contribution is 2.32. The lowest BCUT2D eigenvalue weighted by molar-refractivity contribution is 0.102. The number of methoxy groups -OCH3 is 1. The van der Waals surface area contributed by atoms with Crippen molar-refractivity contribution in [3.8, 4) is 16.3 Å². The molecule has 2 amide bonds. The Hall–Kier alpha value is -3.75. The molecule has 0 spiro atoms. The summed E-state index contributed by atoms with van der Waals surface area (Å²) >= 11 is 7.33. The molecule has 0 aliphatic rings. The van der Waals surface area contributed by atoms with Crippen LogP contribution in [0.3, 0.4) is 0 Å². The zero-order valence-electron chi connectivity index (χ0n) is 18.2. The fourth-order valence-corrected chi connectivity index (χ4v) is 4.40. The van der Waals surface area contributed by atoms with Crippen LogP contribution in [-0.2, 0) is 0 Å². The molecule has 0 radical (unpaired) electrons. The van der Waals surface area contributed by atoms with Gasteiger partial charge in [0.15, 0.2) is 0 Å². The number of rotatable bonds is 6. The molecule has 4 rings (SSSR count). The highest BCUT2D eigenvalue weighted by atomic mass is 35.5. The molecular weight excluding hydrogens is 477 g/mol. The van der Waals surface area contributed by atoms with Gasteiger partial charge in [-0.2, -0.15) is 0 Å². The number of hydrogen-bond donors (Lipinski definition) is 2. The topological polar surface area (TPSA) is 80.3 Å². The van der Waals surface area contributed by atoms with Gasteiger partial charge in [-0.05, 0) is 55.5 Å². The minimum Gasteiger partial charge on any atom is -0.495 e. The van der Waals surface area contributed by atoms with Crippen LogP contribution in [0.5, 0.6) is 5.75 Å². The Kier molecular flexibility index (Phi) is 6.90. The number of thiazole rings is 1. The molecular formula is C25H19ClFN3O3S. The van der Waals surface area contributed by atoms with E-state index in [-0.39, 0.29) is 11.5 Å². The summed E-state index contributed by atoms with van der Waals surface area (Å²) in [6.45, 7) is 1.76. The zero-order valence-corrected chi connectivity index (χ0v) is 19.8. The van der Waals surface area contributed by atoms with Crippen LogP contribution in [0.2, 0.25) is 5.02 Å². The van der Waals surface area contributed by atoms with E-state index in [1.165, 1.54) is 36.6 Å². The summed E-state index contributed by atoms with van der Waals surface area (Å²) < 4.78 is 18.8. The minimum absolute atomic E-state index is 0.158. The normalized spacial score (nSPS) is 10.6. The minimum atomic E-state index is -0.516. The fraction of sp³-hybridized carbons (Fsp3) is 0.0800. The molecule has 34 heavy (non-hydrogen) atoms. The molecule has 0 saturated carbocycles. The van der Waals surface area contributed by atoms with E-state index in [1.54, 1.807) is 37.3 Å². The Morgan fingerprint density at radius 1 is 1.00 bits per heavy atom. The summed E-state index contributed by atoms with van der Waals surface area (Å²) in [5.74, 6) is -0.973. The van der Waals surface area contributed by atoms with Gasteiger partial charge in [0, 0.05) is 21.8 Å². The lowest BCUT2D eigenvalue weighted by atomic mass is 10.2. The van der Waals surface area contributed by atoms with E-state index in [9.17, 15) is 14.0 Å². The molecule has 9 heteroatoms. The van der Waals surface area contributed by atoms with E-state index >= 15 is 0 Å². The maximum atomic E-state index is 13.5. The number of carbonyl (C=O) groups excluding carboxylic acids is 2. The first kappa shape index (κ1) is 23.4. The largest absolute Gasteiger partial charge is 0.495 e. The summed E-state index contributed by atoms with van der Waals surface area (Å²) in [6.07, 6.45) is 0. The van der Waals surface area contributed by atoms with Crippen LogP contribution < -0.4 is 15.4 Å². The van der Waals surface area contributed by atoms with Gasteiger partial charge in [-0.3, -0.25) is 9.59 Å². The van der Waals surface area contributed by atoms with Crippen LogP contribution in [0, 0.1) is 12.7 Å². The first-order chi connectivity index (χ1) is 16.3. The summed E-state index contributed by atoms with van der Waals surface area (Å²) in [5.41, 5.74) is 2.34. The predicted octanol–water partition coefficient (Wildman–Crippen LogP) is 6.42. The van der Waals surface area contributed by atoms with E-state index in [1.807, 2.05) is 12.1 Å².